The van der Waals surface area contributed by atoms with E-state index in [1.54, 1.807) is 29.2 Å². The fourth-order valence-corrected chi connectivity index (χ4v) is 4.19. The highest BCUT2D eigenvalue weighted by molar-refractivity contribution is 8.02. The van der Waals surface area contributed by atoms with E-state index < -0.39 is 5.97 Å². The van der Waals surface area contributed by atoms with Gasteiger partial charge in [0.15, 0.2) is 8.68 Å². The molecule has 0 aliphatic rings. The van der Waals surface area contributed by atoms with Gasteiger partial charge in [-0.05, 0) is 11.8 Å². The van der Waals surface area contributed by atoms with Crippen LogP contribution in [0.3, 0.4) is 0 Å². The molecule has 0 spiro atoms. The van der Waals surface area contributed by atoms with Gasteiger partial charge < -0.3 is 9.15 Å². The summed E-state index contributed by atoms with van der Waals surface area (Å²) < 4.78 is 11.6. The Balaban J connectivity index is 1.98. The van der Waals surface area contributed by atoms with E-state index in [2.05, 4.69) is 21.9 Å². The van der Waals surface area contributed by atoms with Crippen LogP contribution >= 0.6 is 34.9 Å². The summed E-state index contributed by atoms with van der Waals surface area (Å²) in [5, 5.41) is 8.17. The zero-order valence-corrected chi connectivity index (χ0v) is 12.9. The SMILES string of the molecule is CCSc1nnc(SCc2ccoc2C(=O)OC)s1. The van der Waals surface area contributed by atoms with Gasteiger partial charge in [0, 0.05) is 11.3 Å². The third-order valence-corrected chi connectivity index (χ3v) is 5.25. The second kappa shape index (κ2) is 6.97. The summed E-state index contributed by atoms with van der Waals surface area (Å²) in [5.74, 6) is 1.38. The number of esters is 1. The lowest BCUT2D eigenvalue weighted by atomic mass is 10.3. The van der Waals surface area contributed by atoms with E-state index in [1.807, 2.05) is 0 Å². The molecule has 0 bridgehead atoms. The Morgan fingerprint density at radius 1 is 1.42 bits per heavy atom. The van der Waals surface area contributed by atoms with Crippen LogP contribution < -0.4 is 0 Å². The third kappa shape index (κ3) is 3.74. The number of thioether (sulfide) groups is 2. The van der Waals surface area contributed by atoms with Crippen molar-refractivity contribution in [2.45, 2.75) is 21.4 Å². The molecule has 0 amide bonds. The molecule has 5 nitrogen and oxygen atoms in total. The zero-order valence-electron chi connectivity index (χ0n) is 10.4. The first-order valence-electron chi connectivity index (χ1n) is 5.48. The van der Waals surface area contributed by atoms with Gasteiger partial charge in [-0.1, -0.05) is 41.8 Å². The maximum absolute atomic E-state index is 11.4. The van der Waals surface area contributed by atoms with E-state index in [0.717, 1.165) is 20.0 Å². The van der Waals surface area contributed by atoms with Gasteiger partial charge in [0.25, 0.3) is 0 Å². The van der Waals surface area contributed by atoms with Crippen molar-refractivity contribution < 1.29 is 13.9 Å². The molecule has 0 aromatic carbocycles. The number of furan rings is 1. The van der Waals surface area contributed by atoms with Crippen LogP contribution in [0.25, 0.3) is 0 Å². The number of carbonyl (C=O) groups is 1. The van der Waals surface area contributed by atoms with Crippen LogP contribution in [0.5, 0.6) is 0 Å². The lowest BCUT2D eigenvalue weighted by molar-refractivity contribution is 0.0564. The fourth-order valence-electron chi connectivity index (χ4n) is 1.30. The molecule has 0 aliphatic heterocycles. The number of rotatable bonds is 6. The van der Waals surface area contributed by atoms with E-state index in [4.69, 9.17) is 4.42 Å². The second-order valence-corrected chi connectivity index (χ2v) is 7.03. The molecule has 0 unspecified atom stereocenters. The minimum absolute atomic E-state index is 0.252. The molecule has 2 heterocycles. The third-order valence-electron chi connectivity index (χ3n) is 2.12. The predicted molar refractivity (Wildman–Crippen MR) is 75.9 cm³/mol. The van der Waals surface area contributed by atoms with E-state index >= 15 is 0 Å². The van der Waals surface area contributed by atoms with Gasteiger partial charge in [0.1, 0.15) is 0 Å². The van der Waals surface area contributed by atoms with Crippen molar-refractivity contribution in [3.8, 4) is 0 Å². The Hall–Kier alpha value is -0.990. The molecule has 0 saturated heterocycles. The van der Waals surface area contributed by atoms with Crippen LogP contribution in [0.15, 0.2) is 25.4 Å². The van der Waals surface area contributed by atoms with Gasteiger partial charge >= 0.3 is 5.97 Å². The van der Waals surface area contributed by atoms with Crippen molar-refractivity contribution in [3.63, 3.8) is 0 Å². The van der Waals surface area contributed by atoms with Crippen molar-refractivity contribution in [1.29, 1.82) is 0 Å². The van der Waals surface area contributed by atoms with Crippen LogP contribution in [-0.4, -0.2) is 29.0 Å². The summed E-state index contributed by atoms with van der Waals surface area (Å²) in [4.78, 5) is 11.4. The Labute approximate surface area is 123 Å². The van der Waals surface area contributed by atoms with E-state index in [-0.39, 0.29) is 5.76 Å². The van der Waals surface area contributed by atoms with Crippen molar-refractivity contribution >= 4 is 40.8 Å². The number of nitrogens with zero attached hydrogens (tertiary/aromatic N) is 2. The molecule has 0 radical (unpaired) electrons. The Morgan fingerprint density at radius 2 is 2.16 bits per heavy atom. The highest BCUT2D eigenvalue weighted by Crippen LogP contribution is 2.31. The van der Waals surface area contributed by atoms with Gasteiger partial charge in [-0.25, -0.2) is 4.79 Å². The van der Waals surface area contributed by atoms with Crippen molar-refractivity contribution in [1.82, 2.24) is 10.2 Å². The van der Waals surface area contributed by atoms with Crippen LogP contribution in [0.2, 0.25) is 0 Å². The molecule has 0 fully saturated rings. The van der Waals surface area contributed by atoms with Crippen LogP contribution in [0, 0.1) is 0 Å². The van der Waals surface area contributed by atoms with Gasteiger partial charge in [-0.15, -0.1) is 10.2 Å². The van der Waals surface area contributed by atoms with Gasteiger partial charge in [-0.2, -0.15) is 0 Å². The average Bonchev–Trinajstić information content (AvgIpc) is 3.04. The number of aromatic nitrogens is 2. The monoisotopic (exact) mass is 316 g/mol. The van der Waals surface area contributed by atoms with Gasteiger partial charge in [0.05, 0.1) is 13.4 Å². The molecule has 2 rings (SSSR count). The summed E-state index contributed by atoms with van der Waals surface area (Å²) in [6.45, 7) is 2.08. The first-order chi connectivity index (χ1) is 9.24. The number of carbonyl (C=O) groups excluding carboxylic acids is 1. The Bertz CT molecular complexity index is 553. The Kier molecular flexibility index (Phi) is 5.29. The van der Waals surface area contributed by atoms with E-state index in [9.17, 15) is 4.79 Å². The summed E-state index contributed by atoms with van der Waals surface area (Å²) >= 11 is 4.76. The summed E-state index contributed by atoms with van der Waals surface area (Å²) in [6.07, 6.45) is 1.49. The quantitative estimate of drug-likeness (QED) is 0.598. The minimum atomic E-state index is -0.458. The van der Waals surface area contributed by atoms with E-state index in [0.29, 0.717) is 5.75 Å². The molecule has 0 N–H and O–H groups in total. The molecule has 19 heavy (non-hydrogen) atoms. The fraction of sp³-hybridized carbons (Fsp3) is 0.364. The molecule has 8 heteroatoms. The number of hydrogen-bond acceptors (Lipinski definition) is 8. The number of hydrogen-bond donors (Lipinski definition) is 0. The first kappa shape index (κ1) is 14.4. The number of methoxy groups -OCH3 is 1. The van der Waals surface area contributed by atoms with Crippen LogP contribution in [0.4, 0.5) is 0 Å². The molecular formula is C11H12N2O3S3. The zero-order chi connectivity index (χ0) is 13.7. The van der Waals surface area contributed by atoms with Crippen LogP contribution in [0.1, 0.15) is 23.0 Å². The highest BCUT2D eigenvalue weighted by Gasteiger charge is 2.16. The molecule has 0 aliphatic carbocycles. The normalized spacial score (nSPS) is 10.6. The summed E-state index contributed by atoms with van der Waals surface area (Å²) in [7, 11) is 1.33. The van der Waals surface area contributed by atoms with Gasteiger partial charge in [-0.3, -0.25) is 0 Å². The highest BCUT2D eigenvalue weighted by atomic mass is 32.2. The maximum Gasteiger partial charge on any atom is 0.374 e. The molecule has 2 aromatic rings. The Morgan fingerprint density at radius 3 is 2.84 bits per heavy atom. The van der Waals surface area contributed by atoms with Gasteiger partial charge in [0.2, 0.25) is 5.76 Å². The molecular weight excluding hydrogens is 304 g/mol. The summed E-state index contributed by atoms with van der Waals surface area (Å²) in [6, 6.07) is 1.77. The van der Waals surface area contributed by atoms with E-state index in [1.165, 1.54) is 25.1 Å². The lowest BCUT2D eigenvalue weighted by Gasteiger charge is -1.98. The number of ether oxygens (including phenoxy) is 1. The van der Waals surface area contributed by atoms with Crippen LogP contribution in [-0.2, 0) is 10.5 Å². The minimum Gasteiger partial charge on any atom is -0.463 e. The predicted octanol–water partition coefficient (Wildman–Crippen LogP) is 3.32. The standard InChI is InChI=1S/C11H12N2O3S3/c1-3-17-10-12-13-11(19-10)18-6-7-4-5-16-8(7)9(14)15-2/h4-5H,3,6H2,1-2H3. The topological polar surface area (TPSA) is 65.2 Å². The molecule has 0 atom stereocenters. The lowest BCUT2D eigenvalue weighted by Crippen LogP contribution is -2.02. The molecule has 0 saturated carbocycles. The molecule has 2 aromatic heterocycles. The maximum atomic E-state index is 11.4. The van der Waals surface area contributed by atoms with Crippen molar-refractivity contribution in [2.75, 3.05) is 12.9 Å². The molecule has 102 valence electrons. The van der Waals surface area contributed by atoms with Crippen molar-refractivity contribution in [2.24, 2.45) is 0 Å². The summed E-state index contributed by atoms with van der Waals surface area (Å²) in [5.41, 5.74) is 0.803. The average molecular weight is 316 g/mol. The second-order valence-electron chi connectivity index (χ2n) is 3.32. The first-order valence-corrected chi connectivity index (χ1v) is 8.27. The smallest absolute Gasteiger partial charge is 0.374 e. The largest absolute Gasteiger partial charge is 0.463 e. The van der Waals surface area contributed by atoms with Crippen molar-refractivity contribution in [3.05, 3.63) is 23.7 Å².